The first kappa shape index (κ1) is 12.3. The maximum absolute atomic E-state index is 5.96. The number of rotatable bonds is 3. The highest BCUT2D eigenvalue weighted by molar-refractivity contribution is 5.82. The number of nitrogens with zero attached hydrogens (tertiary/aromatic N) is 4. The summed E-state index contributed by atoms with van der Waals surface area (Å²) >= 11 is 0. The van der Waals surface area contributed by atoms with Crippen LogP contribution in [0.2, 0.25) is 0 Å². The third-order valence-corrected chi connectivity index (χ3v) is 4.15. The Hall–Kier alpha value is -1.69. The molecule has 2 aromatic rings. The van der Waals surface area contributed by atoms with E-state index in [4.69, 9.17) is 5.73 Å². The van der Waals surface area contributed by atoms with Crippen LogP contribution in [-0.2, 0) is 0 Å². The number of hydrogen-bond acceptors (Lipinski definition) is 5. The topological polar surface area (TPSA) is 83.7 Å². The van der Waals surface area contributed by atoms with Crippen molar-refractivity contribution in [2.45, 2.75) is 32.2 Å². The Morgan fingerprint density at radius 2 is 2.32 bits per heavy atom. The molecule has 1 fully saturated rings. The van der Waals surface area contributed by atoms with Gasteiger partial charge >= 0.3 is 0 Å². The SMILES string of the molecule is CCC1CCN(c2ncnc3nc[nH]c23)C(CN)C1. The summed E-state index contributed by atoms with van der Waals surface area (Å²) in [5.74, 6) is 1.72. The van der Waals surface area contributed by atoms with Crippen LogP contribution < -0.4 is 10.6 Å². The van der Waals surface area contributed by atoms with Gasteiger partial charge in [0.15, 0.2) is 11.5 Å². The molecule has 2 aromatic heterocycles. The normalized spacial score (nSPS) is 24.0. The zero-order valence-corrected chi connectivity index (χ0v) is 11.2. The van der Waals surface area contributed by atoms with Gasteiger partial charge in [0.25, 0.3) is 0 Å². The van der Waals surface area contributed by atoms with Crippen LogP contribution in [0.25, 0.3) is 11.2 Å². The van der Waals surface area contributed by atoms with Crippen molar-refractivity contribution in [3.05, 3.63) is 12.7 Å². The van der Waals surface area contributed by atoms with Crippen molar-refractivity contribution < 1.29 is 0 Å². The number of aromatic amines is 1. The monoisotopic (exact) mass is 260 g/mol. The van der Waals surface area contributed by atoms with Crippen molar-refractivity contribution in [3.8, 4) is 0 Å². The first-order chi connectivity index (χ1) is 9.33. The molecule has 0 aliphatic carbocycles. The fourth-order valence-electron chi connectivity index (χ4n) is 2.98. The fourth-order valence-corrected chi connectivity index (χ4v) is 2.98. The minimum atomic E-state index is 0.361. The Morgan fingerprint density at radius 3 is 3.11 bits per heavy atom. The molecular formula is C13H20N6. The van der Waals surface area contributed by atoms with Crippen LogP contribution in [0, 0.1) is 5.92 Å². The van der Waals surface area contributed by atoms with Gasteiger partial charge in [-0.3, -0.25) is 0 Å². The molecule has 1 saturated heterocycles. The van der Waals surface area contributed by atoms with Crippen LogP contribution in [0.1, 0.15) is 26.2 Å². The molecule has 0 spiro atoms. The molecule has 1 aliphatic rings. The highest BCUT2D eigenvalue weighted by Crippen LogP contribution is 2.30. The number of nitrogens with one attached hydrogen (secondary N) is 1. The van der Waals surface area contributed by atoms with E-state index in [2.05, 4.69) is 31.8 Å². The molecule has 0 bridgehead atoms. The van der Waals surface area contributed by atoms with Crippen molar-refractivity contribution >= 4 is 17.0 Å². The third-order valence-electron chi connectivity index (χ3n) is 4.15. The summed E-state index contributed by atoms with van der Waals surface area (Å²) in [4.78, 5) is 18.2. The zero-order valence-electron chi connectivity index (χ0n) is 11.2. The Kier molecular flexibility index (Phi) is 3.33. The molecular weight excluding hydrogens is 240 g/mol. The highest BCUT2D eigenvalue weighted by atomic mass is 15.2. The molecule has 6 heteroatoms. The molecule has 6 nitrogen and oxygen atoms in total. The van der Waals surface area contributed by atoms with Crippen molar-refractivity contribution in [3.63, 3.8) is 0 Å². The lowest BCUT2D eigenvalue weighted by molar-refractivity contribution is 0.335. The van der Waals surface area contributed by atoms with E-state index < -0.39 is 0 Å². The first-order valence-corrected chi connectivity index (χ1v) is 6.94. The van der Waals surface area contributed by atoms with Crippen LogP contribution in [0.4, 0.5) is 5.82 Å². The van der Waals surface area contributed by atoms with E-state index in [0.717, 1.165) is 35.9 Å². The lowest BCUT2D eigenvalue weighted by atomic mass is 9.89. The summed E-state index contributed by atoms with van der Waals surface area (Å²) in [7, 11) is 0. The number of piperidine rings is 1. The second-order valence-electron chi connectivity index (χ2n) is 5.18. The summed E-state index contributed by atoms with van der Waals surface area (Å²) in [5.41, 5.74) is 7.59. The number of anilines is 1. The number of hydrogen-bond donors (Lipinski definition) is 2. The average Bonchev–Trinajstić information content (AvgIpc) is 2.95. The van der Waals surface area contributed by atoms with E-state index >= 15 is 0 Å². The molecule has 0 radical (unpaired) electrons. The molecule has 19 heavy (non-hydrogen) atoms. The quantitative estimate of drug-likeness (QED) is 0.869. The van der Waals surface area contributed by atoms with Gasteiger partial charge in [-0.15, -0.1) is 0 Å². The summed E-state index contributed by atoms with van der Waals surface area (Å²) in [6.45, 7) is 3.92. The molecule has 0 amide bonds. The van der Waals surface area contributed by atoms with Gasteiger partial charge in [0.1, 0.15) is 11.8 Å². The minimum absolute atomic E-state index is 0.361. The Bertz CT molecular complexity index is 551. The third kappa shape index (κ3) is 2.16. The van der Waals surface area contributed by atoms with Crippen LogP contribution in [0.15, 0.2) is 12.7 Å². The average molecular weight is 260 g/mol. The van der Waals surface area contributed by atoms with Crippen LogP contribution in [0.5, 0.6) is 0 Å². The molecule has 102 valence electrons. The number of nitrogens with two attached hydrogens (primary N) is 1. The van der Waals surface area contributed by atoms with Crippen LogP contribution in [0.3, 0.4) is 0 Å². The van der Waals surface area contributed by atoms with E-state index in [9.17, 15) is 0 Å². The number of aromatic nitrogens is 4. The molecule has 0 saturated carbocycles. The Balaban J connectivity index is 1.94. The Labute approximate surface area is 112 Å². The van der Waals surface area contributed by atoms with E-state index in [-0.39, 0.29) is 0 Å². The van der Waals surface area contributed by atoms with Gasteiger partial charge in [0, 0.05) is 19.1 Å². The van der Waals surface area contributed by atoms with Crippen molar-refractivity contribution in [2.24, 2.45) is 11.7 Å². The smallest absolute Gasteiger partial charge is 0.182 e. The molecule has 2 atom stereocenters. The lowest BCUT2D eigenvalue weighted by Gasteiger charge is -2.39. The standard InChI is InChI=1S/C13H20N6/c1-2-9-3-4-19(10(5-9)6-14)13-11-12(16-7-15-11)17-8-18-13/h7-10H,2-6,14H2,1H3,(H,15,16,17,18). The summed E-state index contributed by atoms with van der Waals surface area (Å²) in [5, 5.41) is 0. The fraction of sp³-hybridized carbons (Fsp3) is 0.615. The van der Waals surface area contributed by atoms with E-state index in [0.29, 0.717) is 12.6 Å². The van der Waals surface area contributed by atoms with E-state index in [1.54, 1.807) is 12.7 Å². The van der Waals surface area contributed by atoms with Gasteiger partial charge in [-0.05, 0) is 18.8 Å². The molecule has 1 aliphatic heterocycles. The molecule has 0 aromatic carbocycles. The van der Waals surface area contributed by atoms with Crippen LogP contribution in [-0.4, -0.2) is 39.1 Å². The molecule has 3 N–H and O–H groups in total. The van der Waals surface area contributed by atoms with Gasteiger partial charge in [0.2, 0.25) is 0 Å². The largest absolute Gasteiger partial charge is 0.350 e. The first-order valence-electron chi connectivity index (χ1n) is 6.94. The lowest BCUT2D eigenvalue weighted by Crippen LogP contribution is -2.47. The van der Waals surface area contributed by atoms with E-state index in [1.165, 1.54) is 12.8 Å². The van der Waals surface area contributed by atoms with Gasteiger partial charge in [-0.25, -0.2) is 15.0 Å². The van der Waals surface area contributed by atoms with Crippen LogP contribution >= 0.6 is 0 Å². The predicted octanol–water partition coefficient (Wildman–Crippen LogP) is 1.31. The number of H-pyrrole nitrogens is 1. The molecule has 3 rings (SSSR count). The number of fused-ring (bicyclic) bond motifs is 1. The highest BCUT2D eigenvalue weighted by Gasteiger charge is 2.29. The maximum Gasteiger partial charge on any atom is 0.182 e. The van der Waals surface area contributed by atoms with Gasteiger partial charge in [-0.1, -0.05) is 13.3 Å². The predicted molar refractivity (Wildman–Crippen MR) is 74.9 cm³/mol. The van der Waals surface area contributed by atoms with Crippen molar-refractivity contribution in [2.75, 3.05) is 18.0 Å². The van der Waals surface area contributed by atoms with Gasteiger partial charge in [0.05, 0.1) is 6.33 Å². The second kappa shape index (κ2) is 5.13. The Morgan fingerprint density at radius 1 is 1.42 bits per heavy atom. The van der Waals surface area contributed by atoms with Gasteiger partial charge in [-0.2, -0.15) is 0 Å². The maximum atomic E-state index is 5.96. The molecule has 2 unspecified atom stereocenters. The number of imidazole rings is 1. The second-order valence-corrected chi connectivity index (χ2v) is 5.18. The minimum Gasteiger partial charge on any atom is -0.350 e. The zero-order chi connectivity index (χ0) is 13.2. The van der Waals surface area contributed by atoms with Crippen molar-refractivity contribution in [1.82, 2.24) is 19.9 Å². The van der Waals surface area contributed by atoms with Crippen molar-refractivity contribution in [1.29, 1.82) is 0 Å². The summed E-state index contributed by atoms with van der Waals surface area (Å²) in [6.07, 6.45) is 6.82. The molecule has 3 heterocycles. The summed E-state index contributed by atoms with van der Waals surface area (Å²) < 4.78 is 0. The summed E-state index contributed by atoms with van der Waals surface area (Å²) in [6, 6.07) is 0.361. The van der Waals surface area contributed by atoms with Gasteiger partial charge < -0.3 is 15.6 Å². The van der Waals surface area contributed by atoms with E-state index in [1.807, 2.05) is 0 Å².